The van der Waals surface area contributed by atoms with Gasteiger partial charge in [-0.3, -0.25) is 0 Å². The first-order valence-electron chi connectivity index (χ1n) is 6.31. The lowest BCUT2D eigenvalue weighted by Gasteiger charge is -2.31. The minimum absolute atomic E-state index is 0.552. The van der Waals surface area contributed by atoms with Crippen LogP contribution in [0, 0.1) is 0 Å². The smallest absolute Gasteiger partial charge is 0.0602 e. The molecule has 0 bridgehead atoms. The molecule has 2 nitrogen and oxygen atoms in total. The van der Waals surface area contributed by atoms with Crippen LogP contribution in [0.1, 0.15) is 40.0 Å². The number of unbranched alkanes of at least 4 members (excludes halogenated alkanes) is 1. The highest BCUT2D eigenvalue weighted by Gasteiger charge is 2.14. The van der Waals surface area contributed by atoms with Crippen molar-refractivity contribution >= 4 is 11.4 Å². The molecule has 0 fully saturated rings. The lowest BCUT2D eigenvalue weighted by molar-refractivity contribution is 0.596. The second-order valence-corrected chi connectivity index (χ2v) is 4.36. The van der Waals surface area contributed by atoms with Crippen molar-refractivity contribution in [3.05, 3.63) is 24.3 Å². The molecule has 16 heavy (non-hydrogen) atoms. The van der Waals surface area contributed by atoms with Crippen molar-refractivity contribution in [2.75, 3.05) is 17.2 Å². The Bertz CT molecular complexity index is 309. The first-order chi connectivity index (χ1) is 7.70. The van der Waals surface area contributed by atoms with E-state index < -0.39 is 0 Å². The largest absolute Gasteiger partial charge is 0.397 e. The van der Waals surface area contributed by atoms with E-state index in [1.54, 1.807) is 0 Å². The Kier molecular flexibility index (Phi) is 5.17. The number of para-hydroxylation sites is 2. The SMILES string of the molecule is CCCCN(c1ccccc1N)C(C)CC. The molecule has 0 aliphatic rings. The molecule has 0 saturated carbocycles. The molecule has 0 aromatic heterocycles. The van der Waals surface area contributed by atoms with Gasteiger partial charge >= 0.3 is 0 Å². The molecule has 1 aromatic carbocycles. The Morgan fingerprint density at radius 3 is 2.50 bits per heavy atom. The van der Waals surface area contributed by atoms with Gasteiger partial charge in [-0.15, -0.1) is 0 Å². The highest BCUT2D eigenvalue weighted by atomic mass is 15.2. The maximum Gasteiger partial charge on any atom is 0.0602 e. The summed E-state index contributed by atoms with van der Waals surface area (Å²) in [6.45, 7) is 7.81. The average Bonchev–Trinajstić information content (AvgIpc) is 2.31. The lowest BCUT2D eigenvalue weighted by Crippen LogP contribution is -2.34. The van der Waals surface area contributed by atoms with Gasteiger partial charge in [0.1, 0.15) is 0 Å². The van der Waals surface area contributed by atoms with E-state index in [2.05, 4.69) is 37.8 Å². The van der Waals surface area contributed by atoms with Crippen LogP contribution in [0.3, 0.4) is 0 Å². The molecule has 0 spiro atoms. The van der Waals surface area contributed by atoms with Gasteiger partial charge in [0.15, 0.2) is 0 Å². The number of nitrogen functional groups attached to an aromatic ring is 1. The molecule has 0 heterocycles. The van der Waals surface area contributed by atoms with Crippen LogP contribution in [0.15, 0.2) is 24.3 Å². The Balaban J connectivity index is 2.87. The summed E-state index contributed by atoms with van der Waals surface area (Å²) in [7, 11) is 0. The fourth-order valence-electron chi connectivity index (χ4n) is 1.88. The third-order valence-electron chi connectivity index (χ3n) is 3.12. The highest BCUT2D eigenvalue weighted by Crippen LogP contribution is 2.25. The maximum absolute atomic E-state index is 6.04. The van der Waals surface area contributed by atoms with Crippen LogP contribution in [0.5, 0.6) is 0 Å². The van der Waals surface area contributed by atoms with Crippen molar-refractivity contribution in [3.63, 3.8) is 0 Å². The molecule has 90 valence electrons. The van der Waals surface area contributed by atoms with E-state index in [1.807, 2.05) is 12.1 Å². The lowest BCUT2D eigenvalue weighted by atomic mass is 10.1. The summed E-state index contributed by atoms with van der Waals surface area (Å²) in [6.07, 6.45) is 3.59. The van der Waals surface area contributed by atoms with Crippen molar-refractivity contribution < 1.29 is 0 Å². The van der Waals surface area contributed by atoms with Crippen LogP contribution in [0.2, 0.25) is 0 Å². The summed E-state index contributed by atoms with van der Waals surface area (Å²) in [6, 6.07) is 8.71. The summed E-state index contributed by atoms with van der Waals surface area (Å²) >= 11 is 0. The van der Waals surface area contributed by atoms with Crippen molar-refractivity contribution in [1.82, 2.24) is 0 Å². The van der Waals surface area contributed by atoms with E-state index in [-0.39, 0.29) is 0 Å². The Morgan fingerprint density at radius 1 is 1.25 bits per heavy atom. The standard InChI is InChI=1S/C14H24N2/c1-4-6-11-16(12(3)5-2)14-10-8-7-9-13(14)15/h7-10,12H,4-6,11,15H2,1-3H3. The Hall–Kier alpha value is -1.18. The van der Waals surface area contributed by atoms with Crippen molar-refractivity contribution in [2.24, 2.45) is 0 Å². The summed E-state index contributed by atoms with van der Waals surface area (Å²) < 4.78 is 0. The predicted octanol–water partition coefficient (Wildman–Crippen LogP) is 3.67. The maximum atomic E-state index is 6.04. The third-order valence-corrected chi connectivity index (χ3v) is 3.12. The zero-order valence-corrected chi connectivity index (χ0v) is 10.7. The fourth-order valence-corrected chi connectivity index (χ4v) is 1.88. The number of benzene rings is 1. The zero-order chi connectivity index (χ0) is 12.0. The van der Waals surface area contributed by atoms with Crippen molar-refractivity contribution in [3.8, 4) is 0 Å². The number of hydrogen-bond donors (Lipinski definition) is 1. The molecular weight excluding hydrogens is 196 g/mol. The van der Waals surface area contributed by atoms with Gasteiger partial charge in [0.05, 0.1) is 11.4 Å². The van der Waals surface area contributed by atoms with Crippen LogP contribution in [-0.4, -0.2) is 12.6 Å². The minimum atomic E-state index is 0.552. The van der Waals surface area contributed by atoms with Crippen molar-refractivity contribution in [2.45, 2.75) is 46.1 Å². The number of nitrogens with two attached hydrogens (primary N) is 1. The van der Waals surface area contributed by atoms with E-state index in [4.69, 9.17) is 5.73 Å². The van der Waals surface area contributed by atoms with Crippen LogP contribution in [-0.2, 0) is 0 Å². The molecule has 0 aliphatic carbocycles. The van der Waals surface area contributed by atoms with E-state index in [0.717, 1.165) is 18.7 Å². The zero-order valence-electron chi connectivity index (χ0n) is 10.7. The molecule has 1 rings (SSSR count). The highest BCUT2D eigenvalue weighted by molar-refractivity contribution is 5.67. The Labute approximate surface area is 99.5 Å². The summed E-state index contributed by atoms with van der Waals surface area (Å²) in [5, 5.41) is 0. The molecule has 2 heteroatoms. The second-order valence-electron chi connectivity index (χ2n) is 4.36. The van der Waals surface area contributed by atoms with Crippen LogP contribution >= 0.6 is 0 Å². The normalized spacial score (nSPS) is 12.4. The van der Waals surface area contributed by atoms with Crippen molar-refractivity contribution in [1.29, 1.82) is 0 Å². The molecule has 1 aromatic rings. The first kappa shape index (κ1) is 12.9. The molecule has 2 N–H and O–H groups in total. The van der Waals surface area contributed by atoms with E-state index in [0.29, 0.717) is 6.04 Å². The number of anilines is 2. The summed E-state index contributed by atoms with van der Waals surface area (Å²) in [5.41, 5.74) is 8.12. The molecule has 0 radical (unpaired) electrons. The van der Waals surface area contributed by atoms with E-state index in [1.165, 1.54) is 18.5 Å². The molecule has 1 atom stereocenters. The fraction of sp³-hybridized carbons (Fsp3) is 0.571. The quantitative estimate of drug-likeness (QED) is 0.741. The third kappa shape index (κ3) is 3.16. The van der Waals surface area contributed by atoms with Gasteiger partial charge in [0.2, 0.25) is 0 Å². The van der Waals surface area contributed by atoms with Crippen LogP contribution < -0.4 is 10.6 Å². The van der Waals surface area contributed by atoms with Gasteiger partial charge in [0, 0.05) is 12.6 Å². The number of rotatable bonds is 6. The molecule has 0 amide bonds. The second kappa shape index (κ2) is 6.41. The topological polar surface area (TPSA) is 29.3 Å². The van der Waals surface area contributed by atoms with Gasteiger partial charge in [-0.2, -0.15) is 0 Å². The van der Waals surface area contributed by atoms with E-state index in [9.17, 15) is 0 Å². The molecule has 1 unspecified atom stereocenters. The van der Waals surface area contributed by atoms with Crippen LogP contribution in [0.25, 0.3) is 0 Å². The molecular formula is C14H24N2. The molecule has 0 saturated heterocycles. The predicted molar refractivity (Wildman–Crippen MR) is 72.9 cm³/mol. The average molecular weight is 220 g/mol. The summed E-state index contributed by atoms with van der Waals surface area (Å²) in [5.74, 6) is 0. The number of nitrogens with zero attached hydrogens (tertiary/aromatic N) is 1. The van der Waals surface area contributed by atoms with Gasteiger partial charge in [-0.1, -0.05) is 32.4 Å². The molecule has 0 aliphatic heterocycles. The monoisotopic (exact) mass is 220 g/mol. The first-order valence-corrected chi connectivity index (χ1v) is 6.31. The van der Waals surface area contributed by atoms with E-state index >= 15 is 0 Å². The van der Waals surface area contributed by atoms with Gasteiger partial charge < -0.3 is 10.6 Å². The van der Waals surface area contributed by atoms with Gasteiger partial charge in [-0.25, -0.2) is 0 Å². The van der Waals surface area contributed by atoms with Gasteiger partial charge in [0.25, 0.3) is 0 Å². The van der Waals surface area contributed by atoms with Gasteiger partial charge in [-0.05, 0) is 31.9 Å². The number of hydrogen-bond acceptors (Lipinski definition) is 2. The summed E-state index contributed by atoms with van der Waals surface area (Å²) in [4.78, 5) is 2.43. The Morgan fingerprint density at radius 2 is 1.94 bits per heavy atom. The minimum Gasteiger partial charge on any atom is -0.397 e. The van der Waals surface area contributed by atoms with Crippen LogP contribution in [0.4, 0.5) is 11.4 Å².